The van der Waals surface area contributed by atoms with Gasteiger partial charge in [0, 0.05) is 18.7 Å². The summed E-state index contributed by atoms with van der Waals surface area (Å²) in [5, 5.41) is 8.80. The third-order valence-corrected chi connectivity index (χ3v) is 2.55. The first kappa shape index (κ1) is 12.7. The zero-order chi connectivity index (χ0) is 12.1. The van der Waals surface area contributed by atoms with Crippen LogP contribution in [0.3, 0.4) is 0 Å². The fourth-order valence-corrected chi connectivity index (χ4v) is 1.57. The molecule has 3 N–H and O–H groups in total. The van der Waals surface area contributed by atoms with Gasteiger partial charge in [0.2, 0.25) is 5.91 Å². The molecule has 0 radical (unpaired) electrons. The second kappa shape index (κ2) is 5.63. The molecule has 0 saturated carbocycles. The number of carbonyl (C=O) groups excluding carboxylic acids is 1. The molecule has 1 aromatic rings. The van der Waals surface area contributed by atoms with Crippen LogP contribution in [0.1, 0.15) is 21.5 Å². The first-order valence-electron chi connectivity index (χ1n) is 5.23. The number of likely N-dealkylation sites (N-methyl/N-ethyl adjacent to an activating group) is 1. The van der Waals surface area contributed by atoms with Gasteiger partial charge in [-0.25, -0.2) is 0 Å². The van der Waals surface area contributed by atoms with Crippen LogP contribution in [0.15, 0.2) is 18.2 Å². The predicted octanol–water partition coefficient (Wildman–Crippen LogP) is 0.518. The van der Waals surface area contributed by atoms with E-state index >= 15 is 0 Å². The SMILES string of the molecule is Cc1cc(C(N)=O)ccc1CN(C)CCO. The minimum Gasteiger partial charge on any atom is -0.395 e. The molecule has 0 heterocycles. The molecule has 0 aliphatic rings. The van der Waals surface area contributed by atoms with E-state index in [9.17, 15) is 4.79 Å². The number of nitrogens with zero attached hydrogens (tertiary/aromatic N) is 1. The fraction of sp³-hybridized carbons (Fsp3) is 0.417. The molecule has 4 nitrogen and oxygen atoms in total. The van der Waals surface area contributed by atoms with E-state index in [1.54, 1.807) is 12.1 Å². The average molecular weight is 222 g/mol. The van der Waals surface area contributed by atoms with Crippen LogP contribution < -0.4 is 5.73 Å². The molecular weight excluding hydrogens is 204 g/mol. The van der Waals surface area contributed by atoms with Gasteiger partial charge in [-0.15, -0.1) is 0 Å². The molecule has 0 bridgehead atoms. The van der Waals surface area contributed by atoms with Crippen LogP contribution in [-0.4, -0.2) is 36.1 Å². The Kier molecular flexibility index (Phi) is 4.46. The standard InChI is InChI=1S/C12H18N2O2/c1-9-7-10(12(13)16)3-4-11(9)8-14(2)5-6-15/h3-4,7,15H,5-6,8H2,1-2H3,(H2,13,16). The number of benzene rings is 1. The molecule has 0 spiro atoms. The van der Waals surface area contributed by atoms with Crippen molar-refractivity contribution >= 4 is 5.91 Å². The van der Waals surface area contributed by atoms with E-state index in [2.05, 4.69) is 0 Å². The smallest absolute Gasteiger partial charge is 0.248 e. The van der Waals surface area contributed by atoms with Gasteiger partial charge < -0.3 is 10.8 Å². The van der Waals surface area contributed by atoms with Gasteiger partial charge in [0.05, 0.1) is 6.61 Å². The number of primary amides is 1. The second-order valence-corrected chi connectivity index (χ2v) is 3.97. The Bertz CT molecular complexity index is 377. The van der Waals surface area contributed by atoms with Crippen molar-refractivity contribution in [3.8, 4) is 0 Å². The van der Waals surface area contributed by atoms with Crippen LogP contribution >= 0.6 is 0 Å². The lowest BCUT2D eigenvalue weighted by molar-refractivity contribution is 0.1000. The highest BCUT2D eigenvalue weighted by Crippen LogP contribution is 2.12. The topological polar surface area (TPSA) is 66.6 Å². The van der Waals surface area contributed by atoms with E-state index in [4.69, 9.17) is 10.8 Å². The quantitative estimate of drug-likeness (QED) is 0.763. The van der Waals surface area contributed by atoms with Crippen molar-refractivity contribution in [1.82, 2.24) is 4.90 Å². The number of aliphatic hydroxyl groups is 1. The Labute approximate surface area is 95.7 Å². The number of rotatable bonds is 5. The highest BCUT2D eigenvalue weighted by atomic mass is 16.3. The van der Waals surface area contributed by atoms with Crippen LogP contribution in [0, 0.1) is 6.92 Å². The minimum atomic E-state index is -0.404. The Morgan fingerprint density at radius 3 is 2.69 bits per heavy atom. The zero-order valence-electron chi connectivity index (χ0n) is 9.73. The average Bonchev–Trinajstić information content (AvgIpc) is 2.21. The number of amides is 1. The van der Waals surface area contributed by atoms with Crippen molar-refractivity contribution in [3.63, 3.8) is 0 Å². The molecule has 0 saturated heterocycles. The maximum absolute atomic E-state index is 11.0. The molecule has 0 unspecified atom stereocenters. The highest BCUT2D eigenvalue weighted by molar-refractivity contribution is 5.93. The van der Waals surface area contributed by atoms with Crippen LogP contribution in [0.2, 0.25) is 0 Å². The molecule has 4 heteroatoms. The van der Waals surface area contributed by atoms with E-state index in [0.717, 1.165) is 17.7 Å². The van der Waals surface area contributed by atoms with Gasteiger partial charge in [0.25, 0.3) is 0 Å². The van der Waals surface area contributed by atoms with Gasteiger partial charge in [-0.3, -0.25) is 9.69 Å². The summed E-state index contributed by atoms with van der Waals surface area (Å²) in [7, 11) is 1.94. The Morgan fingerprint density at radius 1 is 1.50 bits per heavy atom. The van der Waals surface area contributed by atoms with E-state index in [1.165, 1.54) is 0 Å². The molecule has 16 heavy (non-hydrogen) atoms. The number of hydrogen-bond donors (Lipinski definition) is 2. The van der Waals surface area contributed by atoms with Gasteiger partial charge in [0.15, 0.2) is 0 Å². The molecule has 0 aromatic heterocycles. The minimum absolute atomic E-state index is 0.148. The zero-order valence-corrected chi connectivity index (χ0v) is 9.73. The maximum Gasteiger partial charge on any atom is 0.248 e. The van der Waals surface area contributed by atoms with E-state index in [0.29, 0.717) is 12.1 Å². The van der Waals surface area contributed by atoms with Crippen LogP contribution in [0.4, 0.5) is 0 Å². The molecule has 1 aromatic carbocycles. The molecule has 1 amide bonds. The molecule has 88 valence electrons. The number of carbonyl (C=O) groups is 1. The lowest BCUT2D eigenvalue weighted by atomic mass is 10.0. The summed E-state index contributed by atoms with van der Waals surface area (Å²) in [6.45, 7) is 3.49. The summed E-state index contributed by atoms with van der Waals surface area (Å²) in [5.41, 5.74) is 7.92. The lowest BCUT2D eigenvalue weighted by Gasteiger charge is -2.16. The molecule has 1 rings (SSSR count). The van der Waals surface area contributed by atoms with Crippen molar-refractivity contribution in [2.24, 2.45) is 5.73 Å². The van der Waals surface area contributed by atoms with Crippen molar-refractivity contribution in [2.45, 2.75) is 13.5 Å². The molecule has 0 fully saturated rings. The third kappa shape index (κ3) is 3.32. The monoisotopic (exact) mass is 222 g/mol. The number of aryl methyl sites for hydroxylation is 1. The maximum atomic E-state index is 11.0. The molecule has 0 aliphatic carbocycles. The van der Waals surface area contributed by atoms with Gasteiger partial charge in [0.1, 0.15) is 0 Å². The van der Waals surface area contributed by atoms with Gasteiger partial charge in [-0.1, -0.05) is 6.07 Å². The van der Waals surface area contributed by atoms with Crippen molar-refractivity contribution < 1.29 is 9.90 Å². The van der Waals surface area contributed by atoms with E-state index in [1.807, 2.05) is 24.9 Å². The van der Waals surface area contributed by atoms with Crippen LogP contribution in [0.5, 0.6) is 0 Å². The number of hydrogen-bond acceptors (Lipinski definition) is 3. The summed E-state index contributed by atoms with van der Waals surface area (Å²) < 4.78 is 0. The van der Waals surface area contributed by atoms with Crippen LogP contribution in [-0.2, 0) is 6.54 Å². The summed E-state index contributed by atoms with van der Waals surface area (Å²) in [4.78, 5) is 13.0. The van der Waals surface area contributed by atoms with E-state index in [-0.39, 0.29) is 6.61 Å². The predicted molar refractivity (Wildman–Crippen MR) is 63.1 cm³/mol. The number of nitrogens with two attached hydrogens (primary N) is 1. The van der Waals surface area contributed by atoms with Gasteiger partial charge in [-0.2, -0.15) is 0 Å². The van der Waals surface area contributed by atoms with Crippen molar-refractivity contribution in [2.75, 3.05) is 20.2 Å². The summed E-state index contributed by atoms with van der Waals surface area (Å²) in [6.07, 6.45) is 0. The van der Waals surface area contributed by atoms with E-state index < -0.39 is 5.91 Å². The van der Waals surface area contributed by atoms with Crippen LogP contribution in [0.25, 0.3) is 0 Å². The number of aliphatic hydroxyl groups excluding tert-OH is 1. The Morgan fingerprint density at radius 2 is 2.19 bits per heavy atom. The van der Waals surface area contributed by atoms with Gasteiger partial charge in [-0.05, 0) is 37.2 Å². The molecule has 0 aliphatic heterocycles. The molecular formula is C12H18N2O2. The highest BCUT2D eigenvalue weighted by Gasteiger charge is 2.06. The summed E-state index contributed by atoms with van der Waals surface area (Å²) >= 11 is 0. The normalized spacial score (nSPS) is 10.8. The molecule has 0 atom stereocenters. The van der Waals surface area contributed by atoms with Crippen molar-refractivity contribution in [3.05, 3.63) is 34.9 Å². The largest absolute Gasteiger partial charge is 0.395 e. The Hall–Kier alpha value is -1.39. The van der Waals surface area contributed by atoms with Gasteiger partial charge >= 0.3 is 0 Å². The fourth-order valence-electron chi connectivity index (χ4n) is 1.57. The Balaban J connectivity index is 2.79. The first-order valence-corrected chi connectivity index (χ1v) is 5.23. The second-order valence-electron chi connectivity index (χ2n) is 3.97. The third-order valence-electron chi connectivity index (χ3n) is 2.55. The summed E-state index contributed by atoms with van der Waals surface area (Å²) in [6, 6.07) is 5.44. The van der Waals surface area contributed by atoms with Crippen molar-refractivity contribution in [1.29, 1.82) is 0 Å². The lowest BCUT2D eigenvalue weighted by Crippen LogP contribution is -2.22. The summed E-state index contributed by atoms with van der Waals surface area (Å²) in [5.74, 6) is -0.404. The first-order chi connectivity index (χ1) is 7.54.